The summed E-state index contributed by atoms with van der Waals surface area (Å²) in [7, 11) is -3.50. The molecular formula is C10H11N5O2S. The molecule has 2 aromatic heterocycles. The molecule has 0 aliphatic carbocycles. The molecule has 0 spiro atoms. The summed E-state index contributed by atoms with van der Waals surface area (Å²) in [4.78, 5) is 15.5. The minimum Gasteiger partial charge on any atom is -0.368 e. The van der Waals surface area contributed by atoms with Gasteiger partial charge in [0.2, 0.25) is 15.8 Å². The Labute approximate surface area is 104 Å². The van der Waals surface area contributed by atoms with Crippen LogP contribution in [-0.2, 0) is 16.3 Å². The zero-order valence-electron chi connectivity index (χ0n) is 9.61. The second-order valence-corrected chi connectivity index (χ2v) is 5.57. The number of nitrogens with two attached hydrogens (primary N) is 1. The van der Waals surface area contributed by atoms with Crippen LogP contribution in [0.25, 0.3) is 0 Å². The van der Waals surface area contributed by atoms with Gasteiger partial charge in [-0.1, -0.05) is 6.07 Å². The van der Waals surface area contributed by atoms with E-state index >= 15 is 0 Å². The number of aromatic nitrogens is 4. The van der Waals surface area contributed by atoms with Crippen molar-refractivity contribution in [1.82, 2.24) is 19.9 Å². The van der Waals surface area contributed by atoms with Crippen molar-refractivity contribution in [1.29, 1.82) is 0 Å². The second-order valence-electron chi connectivity index (χ2n) is 3.66. The second kappa shape index (κ2) is 4.65. The zero-order chi connectivity index (χ0) is 13.2. The summed E-state index contributed by atoms with van der Waals surface area (Å²) in [5, 5.41) is -0.319. The maximum atomic E-state index is 11.4. The van der Waals surface area contributed by atoms with Crippen LogP contribution in [0, 0.1) is 0 Å². The van der Waals surface area contributed by atoms with Gasteiger partial charge in [-0.05, 0) is 12.1 Å². The summed E-state index contributed by atoms with van der Waals surface area (Å²) >= 11 is 0. The van der Waals surface area contributed by atoms with E-state index in [4.69, 9.17) is 5.73 Å². The summed E-state index contributed by atoms with van der Waals surface area (Å²) in [6.45, 7) is 0. The molecule has 0 fully saturated rings. The summed E-state index contributed by atoms with van der Waals surface area (Å²) in [5.74, 6) is 0.165. The normalized spacial score (nSPS) is 11.4. The molecule has 0 aliphatic rings. The van der Waals surface area contributed by atoms with E-state index < -0.39 is 9.84 Å². The Bertz CT molecular complexity index is 657. The molecule has 0 bridgehead atoms. The van der Waals surface area contributed by atoms with Crippen LogP contribution in [0.4, 0.5) is 5.95 Å². The first kappa shape index (κ1) is 12.4. The third-order valence-corrected chi connectivity index (χ3v) is 2.92. The van der Waals surface area contributed by atoms with Crippen molar-refractivity contribution in [3.8, 4) is 0 Å². The fourth-order valence-electron chi connectivity index (χ4n) is 1.33. The van der Waals surface area contributed by atoms with Gasteiger partial charge in [0.1, 0.15) is 5.82 Å². The molecule has 2 heterocycles. The molecule has 0 saturated carbocycles. The Morgan fingerprint density at radius 3 is 2.61 bits per heavy atom. The van der Waals surface area contributed by atoms with E-state index in [1.165, 1.54) is 0 Å². The van der Waals surface area contributed by atoms with E-state index in [1.54, 1.807) is 18.3 Å². The third kappa shape index (κ3) is 2.98. The highest BCUT2D eigenvalue weighted by atomic mass is 32.2. The molecule has 0 aromatic carbocycles. The van der Waals surface area contributed by atoms with Crippen LogP contribution in [-0.4, -0.2) is 34.6 Å². The predicted molar refractivity (Wildman–Crippen MR) is 64.4 cm³/mol. The first-order valence-corrected chi connectivity index (χ1v) is 6.95. The highest BCUT2D eigenvalue weighted by Crippen LogP contribution is 2.07. The third-order valence-electron chi connectivity index (χ3n) is 2.08. The van der Waals surface area contributed by atoms with Gasteiger partial charge in [-0.3, -0.25) is 4.98 Å². The molecule has 0 amide bonds. The molecule has 0 radical (unpaired) electrons. The lowest BCUT2D eigenvalue weighted by Gasteiger charge is -2.03. The first-order chi connectivity index (χ1) is 8.45. The van der Waals surface area contributed by atoms with Gasteiger partial charge in [0, 0.05) is 18.1 Å². The van der Waals surface area contributed by atoms with Crippen molar-refractivity contribution < 1.29 is 8.42 Å². The lowest BCUT2D eigenvalue weighted by Crippen LogP contribution is -2.11. The van der Waals surface area contributed by atoms with E-state index in [9.17, 15) is 8.42 Å². The monoisotopic (exact) mass is 265 g/mol. The Morgan fingerprint density at radius 2 is 2.00 bits per heavy atom. The fraction of sp³-hybridized carbons (Fsp3) is 0.200. The topological polar surface area (TPSA) is 112 Å². The summed E-state index contributed by atoms with van der Waals surface area (Å²) in [6, 6.07) is 5.40. The molecule has 2 aromatic rings. The van der Waals surface area contributed by atoms with Gasteiger partial charge in [-0.15, -0.1) is 0 Å². The number of hydrogen-bond acceptors (Lipinski definition) is 7. The largest absolute Gasteiger partial charge is 0.368 e. The molecule has 94 valence electrons. The van der Waals surface area contributed by atoms with Crippen LogP contribution in [0.1, 0.15) is 11.5 Å². The smallest absolute Gasteiger partial charge is 0.251 e. The molecular weight excluding hydrogens is 254 g/mol. The van der Waals surface area contributed by atoms with E-state index in [0.717, 1.165) is 11.9 Å². The molecule has 8 heteroatoms. The SMILES string of the molecule is CS(=O)(=O)c1nc(N)nc(Cc2ccccn2)n1. The van der Waals surface area contributed by atoms with Crippen molar-refractivity contribution in [2.45, 2.75) is 11.6 Å². The summed E-state index contributed by atoms with van der Waals surface area (Å²) in [5.41, 5.74) is 6.19. The maximum absolute atomic E-state index is 11.4. The van der Waals surface area contributed by atoms with Crippen molar-refractivity contribution in [2.75, 3.05) is 12.0 Å². The van der Waals surface area contributed by atoms with Gasteiger partial charge in [0.25, 0.3) is 5.16 Å². The van der Waals surface area contributed by atoms with Crippen LogP contribution in [0.5, 0.6) is 0 Å². The quantitative estimate of drug-likeness (QED) is 0.820. The maximum Gasteiger partial charge on any atom is 0.251 e. The van der Waals surface area contributed by atoms with Gasteiger partial charge >= 0.3 is 0 Å². The molecule has 2 rings (SSSR count). The molecule has 18 heavy (non-hydrogen) atoms. The minimum atomic E-state index is -3.50. The van der Waals surface area contributed by atoms with E-state index in [1.807, 2.05) is 6.07 Å². The number of nitrogen functional groups attached to an aromatic ring is 1. The van der Waals surface area contributed by atoms with E-state index in [-0.39, 0.29) is 16.9 Å². The Kier molecular flexibility index (Phi) is 3.19. The van der Waals surface area contributed by atoms with E-state index in [0.29, 0.717) is 6.42 Å². The Morgan fingerprint density at radius 1 is 1.22 bits per heavy atom. The van der Waals surface area contributed by atoms with E-state index in [2.05, 4.69) is 19.9 Å². The van der Waals surface area contributed by atoms with Crippen LogP contribution in [0.2, 0.25) is 0 Å². The van der Waals surface area contributed by atoms with Crippen molar-refractivity contribution >= 4 is 15.8 Å². The highest BCUT2D eigenvalue weighted by molar-refractivity contribution is 7.90. The summed E-state index contributed by atoms with van der Waals surface area (Å²) in [6.07, 6.45) is 2.96. The molecule has 0 saturated heterocycles. The van der Waals surface area contributed by atoms with Gasteiger partial charge < -0.3 is 5.73 Å². The molecule has 0 unspecified atom stereocenters. The first-order valence-electron chi connectivity index (χ1n) is 5.05. The molecule has 2 N–H and O–H groups in total. The standard InChI is InChI=1S/C10H11N5O2S/c1-18(16,17)10-14-8(13-9(11)15-10)6-7-4-2-3-5-12-7/h2-5H,6H2,1H3,(H2,11,13,14,15). The molecule has 0 atom stereocenters. The van der Waals surface area contributed by atoms with Crippen LogP contribution >= 0.6 is 0 Å². The van der Waals surface area contributed by atoms with Gasteiger partial charge in [-0.25, -0.2) is 13.4 Å². The number of sulfone groups is 1. The number of rotatable bonds is 3. The summed E-state index contributed by atoms with van der Waals surface area (Å²) < 4.78 is 22.7. The van der Waals surface area contributed by atoms with Crippen LogP contribution in [0.3, 0.4) is 0 Å². The average Bonchev–Trinajstić information content (AvgIpc) is 2.28. The van der Waals surface area contributed by atoms with Gasteiger partial charge in [-0.2, -0.15) is 9.97 Å². The van der Waals surface area contributed by atoms with Gasteiger partial charge in [0.05, 0.1) is 6.42 Å². The average molecular weight is 265 g/mol. The van der Waals surface area contributed by atoms with Crippen molar-refractivity contribution in [3.63, 3.8) is 0 Å². The lowest BCUT2D eigenvalue weighted by molar-refractivity contribution is 0.590. The number of hydrogen-bond donors (Lipinski definition) is 1. The number of nitrogens with zero attached hydrogens (tertiary/aromatic N) is 4. The van der Waals surface area contributed by atoms with Crippen molar-refractivity contribution in [3.05, 3.63) is 35.9 Å². The molecule has 0 aliphatic heterocycles. The number of anilines is 1. The fourth-order valence-corrected chi connectivity index (χ4v) is 1.86. The highest BCUT2D eigenvalue weighted by Gasteiger charge is 2.14. The Hall–Kier alpha value is -2.09. The Balaban J connectivity index is 2.38. The lowest BCUT2D eigenvalue weighted by atomic mass is 10.2. The van der Waals surface area contributed by atoms with Crippen molar-refractivity contribution in [2.24, 2.45) is 0 Å². The zero-order valence-corrected chi connectivity index (χ0v) is 10.4. The molecule has 7 nitrogen and oxygen atoms in total. The van der Waals surface area contributed by atoms with Crippen LogP contribution < -0.4 is 5.73 Å². The van der Waals surface area contributed by atoms with Crippen LogP contribution in [0.15, 0.2) is 29.6 Å². The minimum absolute atomic E-state index is 0.114. The number of pyridine rings is 1. The van der Waals surface area contributed by atoms with Gasteiger partial charge in [0.15, 0.2) is 0 Å². The predicted octanol–water partition coefficient (Wildman–Crippen LogP) is -0.157.